The lowest BCUT2D eigenvalue weighted by Gasteiger charge is -2.28. The standard InChI is InChI=1S/C15H22N2O3S/c1-2-3-9-17(12-8-10-21(19,20)11-12)15(18)13-6-4-5-7-14(13)16/h4-7,12H,2-3,8-11,16H2,1H3. The number of carbonyl (C=O) groups is 1. The predicted octanol–water partition coefficient (Wildman–Crippen LogP) is 1.70. The molecule has 2 rings (SSSR count). The third-order valence-electron chi connectivity index (χ3n) is 3.85. The van der Waals surface area contributed by atoms with Gasteiger partial charge in [0.05, 0.1) is 17.1 Å². The lowest BCUT2D eigenvalue weighted by atomic mass is 10.1. The van der Waals surface area contributed by atoms with Crippen LogP contribution in [-0.2, 0) is 9.84 Å². The molecule has 5 nitrogen and oxygen atoms in total. The van der Waals surface area contributed by atoms with Crippen molar-refractivity contribution in [3.05, 3.63) is 29.8 Å². The smallest absolute Gasteiger partial charge is 0.256 e. The van der Waals surface area contributed by atoms with Crippen LogP contribution in [0.3, 0.4) is 0 Å². The summed E-state index contributed by atoms with van der Waals surface area (Å²) in [7, 11) is -3.02. The van der Waals surface area contributed by atoms with E-state index in [9.17, 15) is 13.2 Å². The molecule has 1 unspecified atom stereocenters. The van der Waals surface area contributed by atoms with Crippen molar-refractivity contribution >= 4 is 21.4 Å². The fraction of sp³-hybridized carbons (Fsp3) is 0.533. The van der Waals surface area contributed by atoms with Gasteiger partial charge in [-0.3, -0.25) is 4.79 Å². The second-order valence-electron chi connectivity index (χ2n) is 5.50. The summed E-state index contributed by atoms with van der Waals surface area (Å²) >= 11 is 0. The summed E-state index contributed by atoms with van der Waals surface area (Å²) in [6, 6.07) is 6.71. The number of para-hydroxylation sites is 1. The van der Waals surface area contributed by atoms with Crippen LogP contribution in [0.5, 0.6) is 0 Å². The average molecular weight is 310 g/mol. The van der Waals surface area contributed by atoms with Crippen LogP contribution in [0.25, 0.3) is 0 Å². The van der Waals surface area contributed by atoms with Crippen molar-refractivity contribution in [2.75, 3.05) is 23.8 Å². The first-order chi connectivity index (χ1) is 9.94. The highest BCUT2D eigenvalue weighted by Gasteiger charge is 2.35. The molecule has 1 heterocycles. The Hall–Kier alpha value is -1.56. The first-order valence-electron chi connectivity index (χ1n) is 7.30. The van der Waals surface area contributed by atoms with Crippen LogP contribution < -0.4 is 5.73 Å². The molecule has 0 radical (unpaired) electrons. The Morgan fingerprint density at radius 2 is 2.10 bits per heavy atom. The Morgan fingerprint density at radius 1 is 1.38 bits per heavy atom. The van der Waals surface area contributed by atoms with Crippen LogP contribution in [0, 0.1) is 0 Å². The van der Waals surface area contributed by atoms with E-state index >= 15 is 0 Å². The molecule has 1 amide bonds. The number of unbranched alkanes of at least 4 members (excludes halogenated alkanes) is 1. The first-order valence-corrected chi connectivity index (χ1v) is 9.12. The van der Waals surface area contributed by atoms with E-state index in [1.54, 1.807) is 29.2 Å². The maximum atomic E-state index is 12.7. The normalized spacial score (nSPS) is 20.3. The Labute approximate surface area is 126 Å². The zero-order valence-corrected chi connectivity index (χ0v) is 13.1. The summed E-state index contributed by atoms with van der Waals surface area (Å²) in [5.41, 5.74) is 6.77. The molecule has 1 aromatic carbocycles. The topological polar surface area (TPSA) is 80.5 Å². The molecule has 1 aliphatic rings. The molecule has 1 saturated heterocycles. The molecule has 21 heavy (non-hydrogen) atoms. The van der Waals surface area contributed by atoms with Gasteiger partial charge in [-0.1, -0.05) is 25.5 Å². The van der Waals surface area contributed by atoms with E-state index in [1.807, 2.05) is 6.92 Å². The van der Waals surface area contributed by atoms with E-state index in [-0.39, 0.29) is 23.5 Å². The fourth-order valence-electron chi connectivity index (χ4n) is 2.65. The number of sulfone groups is 1. The summed E-state index contributed by atoms with van der Waals surface area (Å²) in [5, 5.41) is 0. The van der Waals surface area contributed by atoms with Crippen LogP contribution >= 0.6 is 0 Å². The molecule has 0 aromatic heterocycles. The van der Waals surface area contributed by atoms with Crippen LogP contribution in [0.1, 0.15) is 36.5 Å². The first kappa shape index (κ1) is 15.8. The van der Waals surface area contributed by atoms with Crippen molar-refractivity contribution in [3.63, 3.8) is 0 Å². The Balaban J connectivity index is 2.24. The van der Waals surface area contributed by atoms with Gasteiger partial charge in [-0.15, -0.1) is 0 Å². The quantitative estimate of drug-likeness (QED) is 0.839. The third kappa shape index (κ3) is 3.75. The Morgan fingerprint density at radius 3 is 2.67 bits per heavy atom. The van der Waals surface area contributed by atoms with Gasteiger partial charge in [0, 0.05) is 18.3 Å². The molecular weight excluding hydrogens is 288 g/mol. The number of hydrogen-bond donors (Lipinski definition) is 1. The molecule has 0 saturated carbocycles. The van der Waals surface area contributed by atoms with Gasteiger partial charge in [-0.2, -0.15) is 0 Å². The Bertz CT molecular complexity index is 613. The molecule has 1 aromatic rings. The number of amides is 1. The number of nitrogens with zero attached hydrogens (tertiary/aromatic N) is 1. The number of anilines is 1. The lowest BCUT2D eigenvalue weighted by molar-refractivity contribution is 0.0695. The largest absolute Gasteiger partial charge is 0.398 e. The van der Waals surface area contributed by atoms with Crippen LogP contribution in [0.2, 0.25) is 0 Å². The van der Waals surface area contributed by atoms with Gasteiger partial charge in [0.25, 0.3) is 5.91 Å². The van der Waals surface area contributed by atoms with Gasteiger partial charge < -0.3 is 10.6 Å². The molecule has 0 bridgehead atoms. The second kappa shape index (κ2) is 6.47. The molecule has 6 heteroatoms. The summed E-state index contributed by atoms with van der Waals surface area (Å²) in [5.74, 6) is 0.0659. The van der Waals surface area contributed by atoms with E-state index in [2.05, 4.69) is 0 Å². The SMILES string of the molecule is CCCCN(C(=O)c1ccccc1N)C1CCS(=O)(=O)C1. The van der Waals surface area contributed by atoms with E-state index in [1.165, 1.54) is 0 Å². The molecule has 0 aliphatic carbocycles. The van der Waals surface area contributed by atoms with Gasteiger partial charge in [-0.25, -0.2) is 8.42 Å². The van der Waals surface area contributed by atoms with Gasteiger partial charge in [0.2, 0.25) is 0 Å². The monoisotopic (exact) mass is 310 g/mol. The number of rotatable bonds is 5. The van der Waals surface area contributed by atoms with Crippen LogP contribution in [0.15, 0.2) is 24.3 Å². The predicted molar refractivity (Wildman–Crippen MR) is 83.9 cm³/mol. The van der Waals surface area contributed by atoms with E-state index < -0.39 is 9.84 Å². The molecule has 1 atom stereocenters. The molecule has 1 fully saturated rings. The number of carbonyl (C=O) groups excluding carboxylic acids is 1. The van der Waals surface area contributed by atoms with Crippen molar-refractivity contribution in [3.8, 4) is 0 Å². The lowest BCUT2D eigenvalue weighted by Crippen LogP contribution is -2.42. The van der Waals surface area contributed by atoms with Crippen LogP contribution in [-0.4, -0.2) is 43.3 Å². The molecule has 0 spiro atoms. The van der Waals surface area contributed by atoms with Gasteiger partial charge in [0.15, 0.2) is 9.84 Å². The van der Waals surface area contributed by atoms with Crippen molar-refractivity contribution in [2.45, 2.75) is 32.2 Å². The van der Waals surface area contributed by atoms with Crippen LogP contribution in [0.4, 0.5) is 5.69 Å². The average Bonchev–Trinajstić information content (AvgIpc) is 2.79. The summed E-state index contributed by atoms with van der Waals surface area (Å²) < 4.78 is 23.4. The number of benzene rings is 1. The zero-order chi connectivity index (χ0) is 15.5. The molecule has 2 N–H and O–H groups in total. The van der Waals surface area contributed by atoms with E-state index in [0.29, 0.717) is 24.2 Å². The maximum absolute atomic E-state index is 12.7. The van der Waals surface area contributed by atoms with E-state index in [4.69, 9.17) is 5.73 Å². The Kier molecular flexibility index (Phi) is 4.88. The number of nitrogens with two attached hydrogens (primary N) is 1. The van der Waals surface area contributed by atoms with E-state index in [0.717, 1.165) is 12.8 Å². The highest BCUT2D eigenvalue weighted by molar-refractivity contribution is 7.91. The minimum atomic E-state index is -3.02. The minimum absolute atomic E-state index is 0.0647. The summed E-state index contributed by atoms with van der Waals surface area (Å²) in [6.07, 6.45) is 2.33. The van der Waals surface area contributed by atoms with Crippen molar-refractivity contribution in [1.29, 1.82) is 0 Å². The fourth-order valence-corrected chi connectivity index (χ4v) is 4.38. The molecule has 1 aliphatic heterocycles. The second-order valence-corrected chi connectivity index (χ2v) is 7.72. The molecule has 116 valence electrons. The summed E-state index contributed by atoms with van der Waals surface area (Å²) in [6.45, 7) is 2.62. The number of hydrogen-bond acceptors (Lipinski definition) is 4. The van der Waals surface area contributed by atoms with Gasteiger partial charge in [0.1, 0.15) is 0 Å². The number of nitrogen functional groups attached to an aromatic ring is 1. The summed E-state index contributed by atoms with van der Waals surface area (Å²) in [4.78, 5) is 14.4. The minimum Gasteiger partial charge on any atom is -0.398 e. The highest BCUT2D eigenvalue weighted by Crippen LogP contribution is 2.22. The highest BCUT2D eigenvalue weighted by atomic mass is 32.2. The van der Waals surface area contributed by atoms with Gasteiger partial charge >= 0.3 is 0 Å². The van der Waals surface area contributed by atoms with Crippen molar-refractivity contribution in [1.82, 2.24) is 4.90 Å². The van der Waals surface area contributed by atoms with Gasteiger partial charge in [-0.05, 0) is 25.0 Å². The zero-order valence-electron chi connectivity index (χ0n) is 12.3. The van der Waals surface area contributed by atoms with Crippen molar-refractivity contribution in [2.24, 2.45) is 0 Å². The molecular formula is C15H22N2O3S. The maximum Gasteiger partial charge on any atom is 0.256 e. The van der Waals surface area contributed by atoms with Crippen molar-refractivity contribution < 1.29 is 13.2 Å². The third-order valence-corrected chi connectivity index (χ3v) is 5.60.